The Kier molecular flexibility index (Phi) is 5.27. The second kappa shape index (κ2) is 7.89. The van der Waals surface area contributed by atoms with Crippen molar-refractivity contribution in [2.24, 2.45) is 0 Å². The number of halogens is 1. The van der Waals surface area contributed by atoms with E-state index in [2.05, 4.69) is 9.97 Å². The second-order valence-electron chi connectivity index (χ2n) is 6.68. The Hall–Kier alpha value is -3.23. The van der Waals surface area contributed by atoms with Gasteiger partial charge in [0.25, 0.3) is 15.9 Å². The van der Waals surface area contributed by atoms with Crippen LogP contribution in [0.3, 0.4) is 0 Å². The molecule has 0 atom stereocenters. The van der Waals surface area contributed by atoms with Crippen molar-refractivity contribution >= 4 is 38.4 Å². The largest absolute Gasteiger partial charge is 0.330 e. The van der Waals surface area contributed by atoms with E-state index in [0.717, 1.165) is 16.5 Å². The van der Waals surface area contributed by atoms with Crippen LogP contribution in [-0.2, 0) is 16.6 Å². The maximum absolute atomic E-state index is 12.5. The molecule has 2 aromatic heterocycles. The summed E-state index contributed by atoms with van der Waals surface area (Å²) in [6.45, 7) is 2.07. The maximum Gasteiger partial charge on any atom is 0.285 e. The monoisotopic (exact) mass is 440 g/mol. The molecule has 0 saturated heterocycles. The highest BCUT2D eigenvalue weighted by Gasteiger charge is 2.21. The quantitative estimate of drug-likeness (QED) is 0.479. The number of benzene rings is 2. The van der Waals surface area contributed by atoms with Crippen molar-refractivity contribution in [1.29, 1.82) is 0 Å². The average Bonchev–Trinajstić information content (AvgIpc) is 3.09. The van der Waals surface area contributed by atoms with Crippen molar-refractivity contribution in [3.63, 3.8) is 0 Å². The van der Waals surface area contributed by atoms with Crippen LogP contribution in [0.1, 0.15) is 21.9 Å². The van der Waals surface area contributed by atoms with Gasteiger partial charge in [-0.05, 0) is 31.2 Å². The van der Waals surface area contributed by atoms with Crippen molar-refractivity contribution in [3.8, 4) is 0 Å². The molecule has 0 aliphatic heterocycles. The minimum Gasteiger partial charge on any atom is -0.330 e. The van der Waals surface area contributed by atoms with Gasteiger partial charge >= 0.3 is 0 Å². The zero-order valence-electron chi connectivity index (χ0n) is 15.9. The van der Waals surface area contributed by atoms with Crippen LogP contribution >= 0.6 is 11.6 Å². The van der Waals surface area contributed by atoms with Gasteiger partial charge in [0.05, 0.1) is 17.0 Å². The number of aryl methyl sites for hydroxylation is 1. The molecule has 30 heavy (non-hydrogen) atoms. The Bertz CT molecular complexity index is 1350. The zero-order chi connectivity index (χ0) is 21.3. The molecule has 0 bridgehead atoms. The third-order valence-electron chi connectivity index (χ3n) is 4.58. The first kappa shape index (κ1) is 20.1. The lowest BCUT2D eigenvalue weighted by molar-refractivity contribution is 0.0977. The summed E-state index contributed by atoms with van der Waals surface area (Å²) in [5.41, 5.74) is 1.55. The summed E-state index contributed by atoms with van der Waals surface area (Å²) < 4.78 is 28.5. The maximum atomic E-state index is 12.5. The fourth-order valence-corrected chi connectivity index (χ4v) is 4.23. The van der Waals surface area contributed by atoms with Gasteiger partial charge in [0, 0.05) is 17.1 Å². The van der Waals surface area contributed by atoms with Gasteiger partial charge in [-0.15, -0.1) is 0 Å². The van der Waals surface area contributed by atoms with Gasteiger partial charge in [-0.3, -0.25) is 4.79 Å². The van der Waals surface area contributed by atoms with Crippen molar-refractivity contribution in [3.05, 3.63) is 89.1 Å². The number of pyridine rings is 1. The van der Waals surface area contributed by atoms with Crippen LogP contribution in [0, 0.1) is 6.92 Å². The summed E-state index contributed by atoms with van der Waals surface area (Å²) in [7, 11) is -3.98. The first-order chi connectivity index (χ1) is 14.3. The van der Waals surface area contributed by atoms with Gasteiger partial charge in [-0.1, -0.05) is 48.0 Å². The van der Waals surface area contributed by atoms with Crippen molar-refractivity contribution < 1.29 is 13.2 Å². The predicted octanol–water partition coefficient (Wildman–Crippen LogP) is 3.56. The fourth-order valence-electron chi connectivity index (χ4n) is 3.04. The molecule has 9 heteroatoms. The number of carbonyl (C=O) groups is 1. The van der Waals surface area contributed by atoms with E-state index in [1.165, 1.54) is 18.3 Å². The number of sulfonamides is 1. The van der Waals surface area contributed by atoms with E-state index in [1.54, 1.807) is 29.7 Å². The van der Waals surface area contributed by atoms with E-state index in [1.807, 2.05) is 35.1 Å². The van der Waals surface area contributed by atoms with E-state index in [9.17, 15) is 13.2 Å². The second-order valence-corrected chi connectivity index (χ2v) is 8.72. The fraction of sp³-hybridized carbons (Fsp3) is 0.0952. The molecule has 0 unspecified atom stereocenters. The normalized spacial score (nSPS) is 11.5. The molecule has 0 radical (unpaired) electrons. The molecule has 0 fully saturated rings. The Labute approximate surface area is 178 Å². The van der Waals surface area contributed by atoms with Gasteiger partial charge in [-0.25, -0.2) is 23.1 Å². The number of para-hydroxylation sites is 1. The van der Waals surface area contributed by atoms with Crippen molar-refractivity contribution in [1.82, 2.24) is 19.3 Å². The molecular formula is C21H17ClN4O3S. The lowest BCUT2D eigenvalue weighted by Crippen LogP contribution is -2.30. The van der Waals surface area contributed by atoms with E-state index in [-0.39, 0.29) is 10.6 Å². The summed E-state index contributed by atoms with van der Waals surface area (Å²) in [5.74, 6) is -0.259. The van der Waals surface area contributed by atoms with Crippen molar-refractivity contribution in [2.75, 3.05) is 0 Å². The first-order valence-corrected chi connectivity index (χ1v) is 10.9. The number of hydrogen-bond donors (Lipinski definition) is 1. The number of nitrogens with one attached hydrogen (secondary N) is 1. The van der Waals surface area contributed by atoms with E-state index in [4.69, 9.17) is 11.6 Å². The van der Waals surface area contributed by atoms with Crippen LogP contribution in [0.5, 0.6) is 0 Å². The van der Waals surface area contributed by atoms with Crippen LogP contribution in [-0.4, -0.2) is 28.9 Å². The minimum absolute atomic E-state index is 0.00289. The highest BCUT2D eigenvalue weighted by molar-refractivity contribution is 7.90. The first-order valence-electron chi connectivity index (χ1n) is 9.03. The highest BCUT2D eigenvalue weighted by Crippen LogP contribution is 2.22. The smallest absolute Gasteiger partial charge is 0.285 e. The molecule has 1 amide bonds. The number of hydrogen-bond acceptors (Lipinski definition) is 5. The molecular weight excluding hydrogens is 424 g/mol. The summed E-state index contributed by atoms with van der Waals surface area (Å²) in [6.07, 6.45) is 1.50. The van der Waals surface area contributed by atoms with Gasteiger partial charge in [-0.2, -0.15) is 0 Å². The third kappa shape index (κ3) is 4.05. The zero-order valence-corrected chi connectivity index (χ0v) is 17.5. The summed E-state index contributed by atoms with van der Waals surface area (Å²) in [6, 6.07) is 17.2. The number of carbonyl (C=O) groups excluding carboxylic acids is 1. The van der Waals surface area contributed by atoms with Crippen LogP contribution in [0.2, 0.25) is 5.15 Å². The molecule has 0 saturated carbocycles. The van der Waals surface area contributed by atoms with Crippen LogP contribution in [0.15, 0.2) is 71.8 Å². The van der Waals surface area contributed by atoms with Crippen LogP contribution in [0.4, 0.5) is 0 Å². The Morgan fingerprint density at radius 2 is 1.77 bits per heavy atom. The third-order valence-corrected chi connectivity index (χ3v) is 6.25. The van der Waals surface area contributed by atoms with E-state index < -0.39 is 15.9 Å². The average molecular weight is 441 g/mol. The summed E-state index contributed by atoms with van der Waals surface area (Å²) in [4.78, 5) is 21.1. The number of imidazole rings is 1. The minimum atomic E-state index is -3.98. The topological polar surface area (TPSA) is 94.0 Å². The molecule has 0 spiro atoms. The molecule has 0 aliphatic rings. The lowest BCUT2D eigenvalue weighted by atomic mass is 10.1. The highest BCUT2D eigenvalue weighted by atomic mass is 35.5. The number of nitrogens with zero attached hydrogens (tertiary/aromatic N) is 3. The Balaban J connectivity index is 1.58. The molecule has 2 aromatic carbocycles. The molecule has 0 aliphatic carbocycles. The van der Waals surface area contributed by atoms with E-state index in [0.29, 0.717) is 17.5 Å². The standard InChI is InChI=1S/C21H17ClN4O3S/c1-14-23-19(21(27)25-30(28,29)17-8-3-2-4-9-17)13-26(14)12-16-11-15-7-5-6-10-18(15)24-20(16)22/h2-11,13H,12H2,1H3,(H,25,27). The van der Waals surface area contributed by atoms with Gasteiger partial charge < -0.3 is 4.57 Å². The van der Waals surface area contributed by atoms with Gasteiger partial charge in [0.2, 0.25) is 0 Å². The number of amides is 1. The molecule has 4 aromatic rings. The predicted molar refractivity (Wildman–Crippen MR) is 114 cm³/mol. The van der Waals surface area contributed by atoms with Gasteiger partial charge in [0.15, 0.2) is 0 Å². The molecule has 1 N–H and O–H groups in total. The SMILES string of the molecule is Cc1nc(C(=O)NS(=O)(=O)c2ccccc2)cn1Cc1cc2ccccc2nc1Cl. The summed E-state index contributed by atoms with van der Waals surface area (Å²) in [5, 5.41) is 1.31. The summed E-state index contributed by atoms with van der Waals surface area (Å²) >= 11 is 6.33. The molecule has 7 nitrogen and oxygen atoms in total. The number of fused-ring (bicyclic) bond motifs is 1. The number of rotatable bonds is 5. The lowest BCUT2D eigenvalue weighted by Gasteiger charge is -2.08. The molecule has 152 valence electrons. The Morgan fingerprint density at radius 3 is 2.53 bits per heavy atom. The number of aromatic nitrogens is 3. The van der Waals surface area contributed by atoms with E-state index >= 15 is 0 Å². The van der Waals surface area contributed by atoms with Gasteiger partial charge in [0.1, 0.15) is 16.7 Å². The Morgan fingerprint density at radius 1 is 1.07 bits per heavy atom. The molecule has 2 heterocycles. The molecule has 4 rings (SSSR count). The van der Waals surface area contributed by atoms with Crippen molar-refractivity contribution in [2.45, 2.75) is 18.4 Å². The van der Waals surface area contributed by atoms with Crippen LogP contribution < -0.4 is 4.72 Å². The van der Waals surface area contributed by atoms with Crippen LogP contribution in [0.25, 0.3) is 10.9 Å².